The Morgan fingerprint density at radius 2 is 2.21 bits per heavy atom. The Kier molecular flexibility index (Phi) is 4.03. The van der Waals surface area contributed by atoms with Crippen molar-refractivity contribution in [2.24, 2.45) is 0 Å². The van der Waals surface area contributed by atoms with Crippen LogP contribution in [0.2, 0.25) is 0 Å². The summed E-state index contributed by atoms with van der Waals surface area (Å²) in [5, 5.41) is 7.03. The summed E-state index contributed by atoms with van der Waals surface area (Å²) in [7, 11) is 1.62. The summed E-state index contributed by atoms with van der Waals surface area (Å²) in [6, 6.07) is 0.0882. The van der Waals surface area contributed by atoms with Gasteiger partial charge in [0.1, 0.15) is 6.10 Å². The van der Waals surface area contributed by atoms with Gasteiger partial charge in [-0.15, -0.1) is 0 Å². The van der Waals surface area contributed by atoms with E-state index in [9.17, 15) is 0 Å². The first kappa shape index (κ1) is 11.1. The van der Waals surface area contributed by atoms with Gasteiger partial charge in [0.15, 0.2) is 5.82 Å². The van der Waals surface area contributed by atoms with Crippen molar-refractivity contribution in [3.63, 3.8) is 0 Å². The van der Waals surface area contributed by atoms with Gasteiger partial charge in [-0.3, -0.25) is 0 Å². The van der Waals surface area contributed by atoms with Crippen LogP contribution < -0.4 is 5.32 Å². The SMILES string of the molecule is CCNC(C)c1nc(C(C)OC)no1. The van der Waals surface area contributed by atoms with Crippen molar-refractivity contribution in [1.82, 2.24) is 15.5 Å². The molecule has 0 fully saturated rings. The van der Waals surface area contributed by atoms with Crippen LogP contribution in [0.1, 0.15) is 44.6 Å². The summed E-state index contributed by atoms with van der Waals surface area (Å²) in [6.07, 6.45) is -0.124. The van der Waals surface area contributed by atoms with E-state index in [1.54, 1.807) is 7.11 Å². The zero-order chi connectivity index (χ0) is 10.6. The van der Waals surface area contributed by atoms with E-state index < -0.39 is 0 Å². The zero-order valence-corrected chi connectivity index (χ0v) is 9.07. The first-order chi connectivity index (χ1) is 6.69. The molecule has 0 spiro atoms. The highest BCUT2D eigenvalue weighted by molar-refractivity contribution is 4.93. The molecule has 1 aromatic heterocycles. The number of hydrogen-bond acceptors (Lipinski definition) is 5. The van der Waals surface area contributed by atoms with Crippen LogP contribution in [-0.2, 0) is 4.74 Å². The third-order valence-electron chi connectivity index (χ3n) is 2.06. The lowest BCUT2D eigenvalue weighted by Crippen LogP contribution is -2.18. The molecule has 1 rings (SSSR count). The van der Waals surface area contributed by atoms with E-state index in [0.717, 1.165) is 6.54 Å². The van der Waals surface area contributed by atoms with Crippen LogP contribution in [0.25, 0.3) is 0 Å². The average molecular weight is 199 g/mol. The molecule has 0 saturated heterocycles. The minimum Gasteiger partial charge on any atom is -0.374 e. The molecule has 0 bridgehead atoms. The smallest absolute Gasteiger partial charge is 0.243 e. The predicted octanol–water partition coefficient (Wildman–Crippen LogP) is 1.45. The quantitative estimate of drug-likeness (QED) is 0.777. The molecule has 5 nitrogen and oxygen atoms in total. The fourth-order valence-electron chi connectivity index (χ4n) is 1.09. The van der Waals surface area contributed by atoms with E-state index in [1.165, 1.54) is 0 Å². The van der Waals surface area contributed by atoms with E-state index in [-0.39, 0.29) is 12.1 Å². The van der Waals surface area contributed by atoms with Crippen molar-refractivity contribution in [2.75, 3.05) is 13.7 Å². The normalized spacial score (nSPS) is 15.4. The highest BCUT2D eigenvalue weighted by Gasteiger charge is 2.16. The summed E-state index contributed by atoms with van der Waals surface area (Å²) in [5.41, 5.74) is 0. The van der Waals surface area contributed by atoms with Crippen molar-refractivity contribution in [2.45, 2.75) is 32.9 Å². The van der Waals surface area contributed by atoms with Gasteiger partial charge in [-0.05, 0) is 20.4 Å². The fraction of sp³-hybridized carbons (Fsp3) is 0.778. The molecule has 1 aromatic rings. The Morgan fingerprint density at radius 3 is 2.79 bits per heavy atom. The van der Waals surface area contributed by atoms with Gasteiger partial charge in [0, 0.05) is 7.11 Å². The minimum absolute atomic E-state index is 0.0882. The first-order valence-electron chi connectivity index (χ1n) is 4.78. The molecule has 14 heavy (non-hydrogen) atoms. The van der Waals surface area contributed by atoms with Crippen LogP contribution in [0.3, 0.4) is 0 Å². The molecule has 2 atom stereocenters. The van der Waals surface area contributed by atoms with Gasteiger partial charge in [-0.1, -0.05) is 12.1 Å². The maximum atomic E-state index is 5.10. The summed E-state index contributed by atoms with van der Waals surface area (Å²) in [4.78, 5) is 4.23. The molecule has 0 saturated carbocycles. The molecular formula is C9H17N3O2. The predicted molar refractivity (Wildman–Crippen MR) is 51.8 cm³/mol. The van der Waals surface area contributed by atoms with Crippen molar-refractivity contribution in [1.29, 1.82) is 0 Å². The van der Waals surface area contributed by atoms with Gasteiger partial charge in [-0.25, -0.2) is 0 Å². The maximum Gasteiger partial charge on any atom is 0.243 e. The second-order valence-corrected chi connectivity index (χ2v) is 3.15. The third kappa shape index (κ3) is 2.52. The minimum atomic E-state index is -0.124. The Morgan fingerprint density at radius 1 is 1.50 bits per heavy atom. The summed E-state index contributed by atoms with van der Waals surface area (Å²) >= 11 is 0. The summed E-state index contributed by atoms with van der Waals surface area (Å²) < 4.78 is 10.2. The largest absolute Gasteiger partial charge is 0.374 e. The lowest BCUT2D eigenvalue weighted by Gasteiger charge is -2.05. The van der Waals surface area contributed by atoms with E-state index in [1.807, 2.05) is 20.8 Å². The Labute approximate surface area is 83.8 Å². The lowest BCUT2D eigenvalue weighted by molar-refractivity contribution is 0.109. The van der Waals surface area contributed by atoms with Gasteiger partial charge in [0.25, 0.3) is 0 Å². The molecule has 1 N–H and O–H groups in total. The monoisotopic (exact) mass is 199 g/mol. The Balaban J connectivity index is 2.67. The number of methoxy groups -OCH3 is 1. The highest BCUT2D eigenvalue weighted by atomic mass is 16.5. The number of hydrogen-bond donors (Lipinski definition) is 1. The summed E-state index contributed by atoms with van der Waals surface area (Å²) in [6.45, 7) is 6.77. The first-order valence-corrected chi connectivity index (χ1v) is 4.78. The number of rotatable bonds is 5. The number of ether oxygens (including phenoxy) is 1. The van der Waals surface area contributed by atoms with Gasteiger partial charge in [0.05, 0.1) is 6.04 Å². The third-order valence-corrected chi connectivity index (χ3v) is 2.06. The maximum absolute atomic E-state index is 5.10. The molecule has 0 aromatic carbocycles. The van der Waals surface area contributed by atoms with Crippen LogP contribution in [0, 0.1) is 0 Å². The van der Waals surface area contributed by atoms with Crippen LogP contribution in [0.5, 0.6) is 0 Å². The number of aromatic nitrogens is 2. The second kappa shape index (κ2) is 5.07. The van der Waals surface area contributed by atoms with Gasteiger partial charge in [0.2, 0.25) is 5.89 Å². The standard InChI is InChI=1S/C9H17N3O2/c1-5-10-6(2)9-11-8(12-14-9)7(3)13-4/h6-7,10H,5H2,1-4H3. The van der Waals surface area contributed by atoms with Crippen molar-refractivity contribution < 1.29 is 9.26 Å². The van der Waals surface area contributed by atoms with E-state index in [2.05, 4.69) is 15.5 Å². The number of nitrogens with one attached hydrogen (secondary N) is 1. The molecule has 0 aliphatic heterocycles. The average Bonchev–Trinajstić information content (AvgIpc) is 2.66. The fourth-order valence-corrected chi connectivity index (χ4v) is 1.09. The van der Waals surface area contributed by atoms with Crippen molar-refractivity contribution in [3.8, 4) is 0 Å². The van der Waals surface area contributed by atoms with Crippen LogP contribution >= 0.6 is 0 Å². The Bertz CT molecular complexity index is 275. The van der Waals surface area contributed by atoms with Crippen molar-refractivity contribution in [3.05, 3.63) is 11.7 Å². The van der Waals surface area contributed by atoms with Gasteiger partial charge < -0.3 is 14.6 Å². The van der Waals surface area contributed by atoms with E-state index >= 15 is 0 Å². The van der Waals surface area contributed by atoms with Crippen molar-refractivity contribution >= 4 is 0 Å². The van der Waals surface area contributed by atoms with Crippen LogP contribution in [-0.4, -0.2) is 23.8 Å². The van der Waals surface area contributed by atoms with E-state index in [4.69, 9.17) is 9.26 Å². The van der Waals surface area contributed by atoms with Gasteiger partial charge >= 0.3 is 0 Å². The molecule has 0 aliphatic carbocycles. The molecule has 2 unspecified atom stereocenters. The molecule has 80 valence electrons. The molecule has 0 radical (unpaired) electrons. The molecular weight excluding hydrogens is 182 g/mol. The highest BCUT2D eigenvalue weighted by Crippen LogP contribution is 2.15. The van der Waals surface area contributed by atoms with E-state index in [0.29, 0.717) is 11.7 Å². The van der Waals surface area contributed by atoms with Crippen LogP contribution in [0.15, 0.2) is 4.52 Å². The molecule has 1 heterocycles. The van der Waals surface area contributed by atoms with Crippen LogP contribution in [0.4, 0.5) is 0 Å². The second-order valence-electron chi connectivity index (χ2n) is 3.15. The molecule has 0 amide bonds. The summed E-state index contributed by atoms with van der Waals surface area (Å²) in [5.74, 6) is 1.19. The zero-order valence-electron chi connectivity index (χ0n) is 9.07. The topological polar surface area (TPSA) is 60.2 Å². The van der Waals surface area contributed by atoms with Gasteiger partial charge in [-0.2, -0.15) is 4.98 Å². The molecule has 5 heteroatoms. The Hall–Kier alpha value is -0.940. The molecule has 0 aliphatic rings. The number of nitrogens with zero attached hydrogens (tertiary/aromatic N) is 2. The lowest BCUT2D eigenvalue weighted by atomic mass is 10.3.